The second-order valence-corrected chi connectivity index (χ2v) is 4.19. The zero-order chi connectivity index (χ0) is 9.64. The third-order valence-electron chi connectivity index (χ3n) is 3.02. The molecule has 0 atom stereocenters. The molecule has 1 aliphatic carbocycles. The van der Waals surface area contributed by atoms with Crippen molar-refractivity contribution < 1.29 is 0 Å². The number of hydrogen-bond acceptors (Lipinski definition) is 3. The monoisotopic (exact) mass is 193 g/mol. The van der Waals surface area contributed by atoms with Gasteiger partial charge >= 0.3 is 0 Å². The van der Waals surface area contributed by atoms with E-state index in [1.54, 1.807) is 0 Å². The van der Waals surface area contributed by atoms with Gasteiger partial charge in [-0.2, -0.15) is 0 Å². The number of nitrogens with one attached hydrogen (secondary N) is 1. The Morgan fingerprint density at radius 1 is 1.21 bits per heavy atom. The number of rotatable bonds is 2. The molecular weight excluding hydrogens is 174 g/mol. The Hall–Kier alpha value is -0.860. The number of aliphatic imine (C=N–C) groups is 2. The van der Waals surface area contributed by atoms with Gasteiger partial charge in [-0.15, -0.1) is 0 Å². The van der Waals surface area contributed by atoms with Crippen molar-refractivity contribution in [2.45, 2.75) is 32.1 Å². The van der Waals surface area contributed by atoms with Crippen LogP contribution in [0.3, 0.4) is 0 Å². The molecule has 2 rings (SSSR count). The average molecular weight is 193 g/mol. The van der Waals surface area contributed by atoms with E-state index in [0.29, 0.717) is 0 Å². The van der Waals surface area contributed by atoms with Gasteiger partial charge in [-0.05, 0) is 18.8 Å². The summed E-state index contributed by atoms with van der Waals surface area (Å²) in [5.74, 6) is 1.85. The standard InChI is InChI=1S/C11H19N3/c1-2-4-10(5-3-1)8-14-11-9-12-6-7-13-11/h9-10H,1-8H2,(H,13,14). The fourth-order valence-electron chi connectivity index (χ4n) is 2.16. The maximum absolute atomic E-state index is 4.37. The highest BCUT2D eigenvalue weighted by molar-refractivity contribution is 6.29. The lowest BCUT2D eigenvalue weighted by Crippen LogP contribution is -2.32. The van der Waals surface area contributed by atoms with Gasteiger partial charge < -0.3 is 5.32 Å². The van der Waals surface area contributed by atoms with Crippen LogP contribution in [0.2, 0.25) is 0 Å². The molecule has 0 saturated heterocycles. The molecule has 0 aromatic heterocycles. The van der Waals surface area contributed by atoms with Crippen molar-refractivity contribution >= 4 is 12.1 Å². The summed E-state index contributed by atoms with van der Waals surface area (Å²) in [5, 5.41) is 3.39. The summed E-state index contributed by atoms with van der Waals surface area (Å²) in [6, 6.07) is 0. The van der Waals surface area contributed by atoms with E-state index < -0.39 is 0 Å². The first kappa shape index (κ1) is 9.69. The molecule has 0 aromatic carbocycles. The van der Waals surface area contributed by atoms with Crippen LogP contribution in [-0.4, -0.2) is 31.7 Å². The molecule has 1 N–H and O–H groups in total. The van der Waals surface area contributed by atoms with Crippen molar-refractivity contribution in [2.24, 2.45) is 15.9 Å². The van der Waals surface area contributed by atoms with Crippen LogP contribution < -0.4 is 5.32 Å². The Morgan fingerprint density at radius 2 is 2.07 bits per heavy atom. The predicted molar refractivity (Wildman–Crippen MR) is 60.2 cm³/mol. The van der Waals surface area contributed by atoms with Gasteiger partial charge in [-0.3, -0.25) is 9.98 Å². The Balaban J connectivity index is 1.70. The fraction of sp³-hybridized carbons (Fsp3) is 0.818. The van der Waals surface area contributed by atoms with Crippen molar-refractivity contribution in [3.05, 3.63) is 0 Å². The quantitative estimate of drug-likeness (QED) is 0.711. The number of hydrogen-bond donors (Lipinski definition) is 1. The lowest BCUT2D eigenvalue weighted by Gasteiger charge is -2.22. The maximum atomic E-state index is 4.37. The second-order valence-electron chi connectivity index (χ2n) is 4.19. The molecule has 2 aliphatic rings. The summed E-state index contributed by atoms with van der Waals surface area (Å²) in [6.45, 7) is 2.79. The van der Waals surface area contributed by atoms with E-state index in [4.69, 9.17) is 0 Å². The van der Waals surface area contributed by atoms with Crippen LogP contribution in [0.25, 0.3) is 0 Å². The van der Waals surface area contributed by atoms with Crippen LogP contribution >= 0.6 is 0 Å². The average Bonchev–Trinajstić information content (AvgIpc) is 2.29. The van der Waals surface area contributed by atoms with E-state index >= 15 is 0 Å². The molecular formula is C11H19N3. The molecule has 0 spiro atoms. The topological polar surface area (TPSA) is 36.8 Å². The Bertz CT molecular complexity index is 227. The largest absolute Gasteiger partial charge is 0.369 e. The second kappa shape index (κ2) is 5.13. The van der Waals surface area contributed by atoms with Gasteiger partial charge in [-0.1, -0.05) is 19.3 Å². The van der Waals surface area contributed by atoms with Crippen molar-refractivity contribution in [3.63, 3.8) is 0 Å². The summed E-state index contributed by atoms with van der Waals surface area (Å²) >= 11 is 0. The summed E-state index contributed by atoms with van der Waals surface area (Å²) in [5.41, 5.74) is 0. The van der Waals surface area contributed by atoms with E-state index in [2.05, 4.69) is 15.3 Å². The third-order valence-corrected chi connectivity index (χ3v) is 3.02. The molecule has 0 aromatic rings. The predicted octanol–water partition coefficient (Wildman–Crippen LogP) is 1.64. The SMILES string of the molecule is C1=NCCN=C1NCC1CCCCC1. The van der Waals surface area contributed by atoms with Gasteiger partial charge in [0.15, 0.2) is 0 Å². The first-order chi connectivity index (χ1) is 6.95. The molecule has 1 heterocycles. The maximum Gasteiger partial charge on any atom is 0.139 e. The van der Waals surface area contributed by atoms with Crippen LogP contribution in [-0.2, 0) is 0 Å². The fourth-order valence-corrected chi connectivity index (χ4v) is 2.16. The van der Waals surface area contributed by atoms with E-state index in [9.17, 15) is 0 Å². The summed E-state index contributed by atoms with van der Waals surface area (Å²) in [4.78, 5) is 8.57. The van der Waals surface area contributed by atoms with Crippen molar-refractivity contribution in [2.75, 3.05) is 19.6 Å². The van der Waals surface area contributed by atoms with Crippen molar-refractivity contribution in [1.29, 1.82) is 0 Å². The minimum atomic E-state index is 0.851. The summed E-state index contributed by atoms with van der Waals surface area (Å²) in [6.07, 6.45) is 8.89. The smallest absolute Gasteiger partial charge is 0.139 e. The molecule has 0 unspecified atom stereocenters. The first-order valence-electron chi connectivity index (χ1n) is 5.73. The minimum absolute atomic E-state index is 0.851. The third kappa shape index (κ3) is 2.82. The minimum Gasteiger partial charge on any atom is -0.369 e. The van der Waals surface area contributed by atoms with Crippen molar-refractivity contribution in [3.8, 4) is 0 Å². The Morgan fingerprint density at radius 3 is 2.79 bits per heavy atom. The highest BCUT2D eigenvalue weighted by atomic mass is 15.0. The first-order valence-corrected chi connectivity index (χ1v) is 5.73. The van der Waals surface area contributed by atoms with E-state index in [0.717, 1.165) is 31.4 Å². The molecule has 0 bridgehead atoms. The zero-order valence-electron chi connectivity index (χ0n) is 8.71. The number of nitrogens with zero attached hydrogens (tertiary/aromatic N) is 2. The van der Waals surface area contributed by atoms with Gasteiger partial charge in [0.25, 0.3) is 0 Å². The van der Waals surface area contributed by atoms with Crippen molar-refractivity contribution in [1.82, 2.24) is 5.32 Å². The molecule has 14 heavy (non-hydrogen) atoms. The van der Waals surface area contributed by atoms with Gasteiger partial charge in [-0.25, -0.2) is 0 Å². The molecule has 1 saturated carbocycles. The highest BCUT2D eigenvalue weighted by Gasteiger charge is 2.13. The lowest BCUT2D eigenvalue weighted by atomic mass is 9.89. The Kier molecular flexibility index (Phi) is 3.55. The summed E-state index contributed by atoms with van der Waals surface area (Å²) in [7, 11) is 0. The molecule has 0 amide bonds. The van der Waals surface area contributed by atoms with Gasteiger partial charge in [0.2, 0.25) is 0 Å². The van der Waals surface area contributed by atoms with E-state index in [-0.39, 0.29) is 0 Å². The van der Waals surface area contributed by atoms with Gasteiger partial charge in [0.1, 0.15) is 5.84 Å². The lowest BCUT2D eigenvalue weighted by molar-refractivity contribution is 0.357. The molecule has 1 aliphatic heterocycles. The summed E-state index contributed by atoms with van der Waals surface area (Å²) < 4.78 is 0. The van der Waals surface area contributed by atoms with E-state index in [1.807, 2.05) is 6.21 Å². The molecule has 3 nitrogen and oxygen atoms in total. The molecule has 3 heteroatoms. The zero-order valence-corrected chi connectivity index (χ0v) is 8.71. The van der Waals surface area contributed by atoms with Crippen LogP contribution in [0.5, 0.6) is 0 Å². The van der Waals surface area contributed by atoms with Crippen LogP contribution in [0.1, 0.15) is 32.1 Å². The molecule has 78 valence electrons. The van der Waals surface area contributed by atoms with Crippen LogP contribution in [0.15, 0.2) is 9.98 Å². The normalized spacial score (nSPS) is 23.3. The van der Waals surface area contributed by atoms with Crippen LogP contribution in [0, 0.1) is 5.92 Å². The van der Waals surface area contributed by atoms with Gasteiger partial charge in [0, 0.05) is 6.54 Å². The highest BCUT2D eigenvalue weighted by Crippen LogP contribution is 2.22. The number of amidine groups is 1. The Labute approximate surface area is 85.7 Å². The van der Waals surface area contributed by atoms with E-state index in [1.165, 1.54) is 32.1 Å². The van der Waals surface area contributed by atoms with Crippen LogP contribution in [0.4, 0.5) is 0 Å². The molecule has 0 radical (unpaired) electrons. The van der Waals surface area contributed by atoms with Gasteiger partial charge in [0.05, 0.1) is 19.3 Å². The molecule has 1 fully saturated rings.